The zero-order chi connectivity index (χ0) is 40.9. The second-order valence-electron chi connectivity index (χ2n) is 13.2. The summed E-state index contributed by atoms with van der Waals surface area (Å²) in [5.74, 6) is -0.630. The van der Waals surface area contributed by atoms with Gasteiger partial charge in [0.2, 0.25) is 11.9 Å². The van der Waals surface area contributed by atoms with Gasteiger partial charge in [-0.3, -0.25) is 19.3 Å². The summed E-state index contributed by atoms with van der Waals surface area (Å²) in [6.07, 6.45) is -0.170. The highest BCUT2D eigenvalue weighted by Gasteiger charge is 2.57. The first-order valence-electron chi connectivity index (χ1n) is 17.2. The van der Waals surface area contributed by atoms with Gasteiger partial charge in [-0.05, 0) is 67.6 Å². The Morgan fingerprint density at radius 1 is 0.982 bits per heavy atom. The number of rotatable bonds is 18. The van der Waals surface area contributed by atoms with Gasteiger partial charge in [-0.25, -0.2) is 4.98 Å². The lowest BCUT2D eigenvalue weighted by Gasteiger charge is -2.50. The number of β-lactam (4-membered cyclic amide) rings is 1. The highest BCUT2D eigenvalue weighted by Crippen LogP contribution is 2.41. The number of oxime groups is 1. The third kappa shape index (κ3) is 9.69. The number of pyridine rings is 1. The molecule has 5 aromatic rings. The molecule has 1 fully saturated rings. The Hall–Kier alpha value is -5.60. The summed E-state index contributed by atoms with van der Waals surface area (Å²) in [6, 6.07) is 19.8. The van der Waals surface area contributed by atoms with Crippen LogP contribution in [-0.4, -0.2) is 65.4 Å². The molecule has 6 rings (SSSR count). The van der Waals surface area contributed by atoms with E-state index in [1.165, 1.54) is 42.7 Å². The third-order valence-corrected chi connectivity index (χ3v) is 11.0. The number of methoxy groups -OCH3 is 2. The normalized spacial score (nSPS) is 15.8. The lowest BCUT2D eigenvalue weighted by molar-refractivity contribution is -0.911. The Labute approximate surface area is 336 Å². The van der Waals surface area contributed by atoms with E-state index in [2.05, 4.69) is 14.4 Å². The second kappa shape index (κ2) is 17.3. The number of thiophene rings is 1. The Kier molecular flexibility index (Phi) is 12.4. The number of nitrogens with zero attached hydrogens (tertiary/aromatic N) is 4. The highest BCUT2D eigenvalue weighted by atomic mass is 32.3. The van der Waals surface area contributed by atoms with E-state index < -0.39 is 46.1 Å². The number of hydroxylamine groups is 2. The zero-order valence-corrected chi connectivity index (χ0v) is 33.8. The number of benzene rings is 2. The highest BCUT2D eigenvalue weighted by molar-refractivity contribution is 7.80. The summed E-state index contributed by atoms with van der Waals surface area (Å²) in [5, 5.41) is 20.3. The van der Waals surface area contributed by atoms with Crippen LogP contribution in [0.2, 0.25) is 0 Å². The fraction of sp³-hybridized carbons (Fsp3) is 0.289. The van der Waals surface area contributed by atoms with Crippen molar-refractivity contribution in [1.82, 2.24) is 10.0 Å². The van der Waals surface area contributed by atoms with Crippen LogP contribution in [0.15, 0.2) is 88.8 Å². The summed E-state index contributed by atoms with van der Waals surface area (Å²) < 4.78 is 60.1. The van der Waals surface area contributed by atoms with Crippen molar-refractivity contribution < 1.29 is 60.6 Å². The molecule has 16 nitrogen and oxygen atoms in total. The van der Waals surface area contributed by atoms with Gasteiger partial charge in [0.25, 0.3) is 17.8 Å². The molecule has 0 radical (unpaired) electrons. The molecule has 2 atom stereocenters. The maximum Gasteiger partial charge on any atom is 0.418 e. The van der Waals surface area contributed by atoms with Crippen LogP contribution in [0.1, 0.15) is 58.8 Å². The molecule has 4 heterocycles. The number of amides is 1. The molecule has 57 heavy (non-hydrogen) atoms. The minimum atomic E-state index is -4.99. The van der Waals surface area contributed by atoms with Gasteiger partial charge in [0, 0.05) is 16.5 Å². The minimum absolute atomic E-state index is 0.130. The van der Waals surface area contributed by atoms with Crippen molar-refractivity contribution in [2.75, 3.05) is 14.2 Å². The molecule has 1 saturated heterocycles. The van der Waals surface area contributed by atoms with Gasteiger partial charge < -0.3 is 23.8 Å². The molecule has 3 aromatic heterocycles. The number of thiazole rings is 1. The van der Waals surface area contributed by atoms with Crippen molar-refractivity contribution in [3.8, 4) is 23.0 Å². The van der Waals surface area contributed by atoms with Gasteiger partial charge in [0.05, 0.1) is 41.6 Å². The molecule has 2 aromatic carbocycles. The van der Waals surface area contributed by atoms with E-state index in [9.17, 15) is 23.2 Å². The number of hydrogen-bond acceptors (Lipinski definition) is 15. The van der Waals surface area contributed by atoms with Crippen molar-refractivity contribution in [3.05, 3.63) is 116 Å². The van der Waals surface area contributed by atoms with Gasteiger partial charge in [0.15, 0.2) is 17.2 Å². The molecule has 19 heteroatoms. The van der Waals surface area contributed by atoms with Crippen LogP contribution in [0.3, 0.4) is 0 Å². The molecule has 1 aliphatic rings. The first-order valence-corrected chi connectivity index (χ1v) is 20.3. The molecular weight excluding hydrogens is 801 g/mol. The predicted molar refractivity (Wildman–Crippen MR) is 206 cm³/mol. The van der Waals surface area contributed by atoms with E-state index in [1.54, 1.807) is 44.7 Å². The summed E-state index contributed by atoms with van der Waals surface area (Å²) >= 11 is 2.58. The van der Waals surface area contributed by atoms with Crippen LogP contribution >= 0.6 is 22.7 Å². The Morgan fingerprint density at radius 2 is 1.60 bits per heavy atom. The first-order chi connectivity index (χ1) is 27.2. The molecule has 300 valence electrons. The van der Waals surface area contributed by atoms with Crippen LogP contribution in [0.5, 0.6) is 23.0 Å². The van der Waals surface area contributed by atoms with Crippen molar-refractivity contribution in [1.29, 1.82) is 0 Å². The van der Waals surface area contributed by atoms with Gasteiger partial charge in [-0.15, -0.1) is 27.0 Å². The van der Waals surface area contributed by atoms with Gasteiger partial charge in [-0.1, -0.05) is 35.5 Å². The van der Waals surface area contributed by atoms with Crippen LogP contribution < -0.4 is 23.7 Å². The van der Waals surface area contributed by atoms with Crippen molar-refractivity contribution in [2.45, 2.75) is 52.0 Å². The van der Waals surface area contributed by atoms with Crippen LogP contribution in [-0.2, 0) is 42.3 Å². The van der Waals surface area contributed by atoms with Gasteiger partial charge in [0.1, 0.15) is 30.4 Å². The Morgan fingerprint density at radius 3 is 2.11 bits per heavy atom. The molecule has 0 bridgehead atoms. The van der Waals surface area contributed by atoms with Crippen molar-refractivity contribution >= 4 is 50.5 Å². The lowest BCUT2D eigenvalue weighted by Crippen LogP contribution is -2.68. The lowest BCUT2D eigenvalue weighted by atomic mass is 9.74. The zero-order valence-electron chi connectivity index (χ0n) is 31.3. The van der Waals surface area contributed by atoms with E-state index in [0.29, 0.717) is 26.4 Å². The van der Waals surface area contributed by atoms with E-state index in [-0.39, 0.29) is 41.8 Å². The molecule has 1 unspecified atom stereocenters. The largest absolute Gasteiger partial charge is 0.497 e. The van der Waals surface area contributed by atoms with E-state index in [4.69, 9.17) is 28.3 Å². The SMILES string of the molecule is COc1ccc(COc2cc(C(O/N=C(\C(=O)C[C@@H]3C(=O)N(OS(=O)(=O)O)C3(C)C)c3csc(C)n3)c3cccs3)[n+](O)cc2OCc2ccc(OC)cc2)cc1. The number of carbonyl (C=O) groups is 2. The maximum absolute atomic E-state index is 13.9. The number of aryl methyl sites for hydroxylation is 1. The number of Topliss-reactive ketones (excluding diaryl/α,β-unsaturated/α-hetero) is 1. The number of ether oxygens (including phenoxy) is 4. The van der Waals surface area contributed by atoms with Crippen molar-refractivity contribution in [2.24, 2.45) is 11.1 Å². The molecule has 0 aliphatic carbocycles. The third-order valence-electron chi connectivity index (χ3n) is 9.01. The summed E-state index contributed by atoms with van der Waals surface area (Å²) in [4.78, 5) is 38.0. The smallest absolute Gasteiger partial charge is 0.418 e. The maximum atomic E-state index is 13.9. The topological polar surface area (TPSA) is 196 Å². The summed E-state index contributed by atoms with van der Waals surface area (Å²) in [6.45, 7) is 4.99. The summed E-state index contributed by atoms with van der Waals surface area (Å²) in [7, 11) is -1.83. The number of ketones is 1. The Balaban J connectivity index is 1.33. The monoisotopic (exact) mass is 839 g/mol. The standard InChI is InChI=1S/C38H38N4O12S3/c1-23-39-29(22-56-23)35(31(43)17-28-37(44)42(38(28,2)3)54-57(46,47)48)40-53-36(34-7-6-16-55-34)30-18-32(51-20-24-8-12-26(49-4)13-9-24)33(19-41(30)45)52-21-25-10-14-27(50-5)15-11-25/h6-16,18-19,22,28,36H,17,20-21H2,1-5H3,(H-,45,46,47,48)/p+1/b40-35-/t28-,36?/m1/s1. The molecule has 1 aliphatic heterocycles. The van der Waals surface area contributed by atoms with Gasteiger partial charge >= 0.3 is 10.4 Å². The molecule has 2 N–H and O–H groups in total. The van der Waals surface area contributed by atoms with Crippen LogP contribution in [0, 0.1) is 12.8 Å². The molecule has 0 spiro atoms. The predicted octanol–water partition coefficient (Wildman–Crippen LogP) is 5.65. The average molecular weight is 840 g/mol. The van der Waals surface area contributed by atoms with E-state index in [0.717, 1.165) is 15.9 Å². The fourth-order valence-corrected chi connectivity index (χ4v) is 7.67. The molecule has 0 saturated carbocycles. The Bertz CT molecular complexity index is 2350. The molecular formula is C38H39N4O12S3+. The van der Waals surface area contributed by atoms with Gasteiger partial charge in [-0.2, -0.15) is 13.5 Å². The van der Waals surface area contributed by atoms with E-state index in [1.807, 2.05) is 53.9 Å². The minimum Gasteiger partial charge on any atom is -0.497 e. The number of aromatic nitrogens is 2. The van der Waals surface area contributed by atoms with Crippen molar-refractivity contribution in [3.63, 3.8) is 0 Å². The number of carbonyl (C=O) groups excluding carboxylic acids is 2. The van der Waals surface area contributed by atoms with Crippen LogP contribution in [0.4, 0.5) is 0 Å². The quantitative estimate of drug-likeness (QED) is 0.0275. The number of hydrogen-bond donors (Lipinski definition) is 2. The first kappa shape index (κ1) is 41.0. The van der Waals surface area contributed by atoms with Crippen LogP contribution in [0.25, 0.3) is 0 Å². The summed E-state index contributed by atoms with van der Waals surface area (Å²) in [5.41, 5.74) is 0.520. The second-order valence-corrected chi connectivity index (χ2v) is 16.3. The average Bonchev–Trinajstić information content (AvgIpc) is 3.89. The van der Waals surface area contributed by atoms with E-state index >= 15 is 0 Å². The fourth-order valence-electron chi connectivity index (χ4n) is 5.86. The molecule has 1 amide bonds.